The van der Waals surface area contributed by atoms with Crippen molar-refractivity contribution in [3.63, 3.8) is 0 Å². The molecule has 0 aliphatic heterocycles. The Morgan fingerprint density at radius 1 is 1.17 bits per heavy atom. The van der Waals surface area contributed by atoms with Crippen LogP contribution in [0.1, 0.15) is 56.3 Å². The maximum absolute atomic E-state index is 12.1. The summed E-state index contributed by atoms with van der Waals surface area (Å²) in [5.41, 5.74) is 0.609. The summed E-state index contributed by atoms with van der Waals surface area (Å²) >= 11 is 0. The number of hydrogen-bond donors (Lipinski definition) is 0. The molecule has 0 spiro atoms. The number of ether oxygens (including phenoxy) is 1. The second kappa shape index (κ2) is 7.32. The van der Waals surface area contributed by atoms with Gasteiger partial charge in [-0.25, -0.2) is 0 Å². The maximum Gasteiger partial charge on any atom is 0.165 e. The van der Waals surface area contributed by atoms with E-state index in [4.69, 9.17) is 4.74 Å². The zero-order valence-corrected chi connectivity index (χ0v) is 11.7. The highest BCUT2D eigenvalue weighted by Crippen LogP contribution is 2.36. The highest BCUT2D eigenvalue weighted by molar-refractivity contribution is 5.96. The van der Waals surface area contributed by atoms with Gasteiger partial charge >= 0.3 is 0 Å². The lowest BCUT2D eigenvalue weighted by Gasteiger charge is -2.26. The molecule has 2 rings (SSSR count). The summed E-state index contributed by atoms with van der Waals surface area (Å²) in [5, 5.41) is 0. The van der Waals surface area contributed by atoms with Gasteiger partial charge in [0.15, 0.2) is 5.78 Å². The van der Waals surface area contributed by atoms with E-state index in [9.17, 15) is 4.79 Å². The molecule has 0 saturated heterocycles. The average Bonchev–Trinajstić information content (AvgIpc) is 2.91. The molecule has 2 nitrogen and oxygen atoms in total. The molecule has 1 aromatic carbocycles. The van der Waals surface area contributed by atoms with Crippen molar-refractivity contribution in [2.75, 3.05) is 7.11 Å². The van der Waals surface area contributed by atoms with Crippen molar-refractivity contribution in [1.82, 2.24) is 0 Å². The minimum Gasteiger partial charge on any atom is -0.378 e. The van der Waals surface area contributed by atoms with Crippen LogP contribution in [-0.4, -0.2) is 18.5 Å². The van der Waals surface area contributed by atoms with Gasteiger partial charge in [-0.1, -0.05) is 57.0 Å². The van der Waals surface area contributed by atoms with E-state index in [-0.39, 0.29) is 11.4 Å². The van der Waals surface area contributed by atoms with Crippen LogP contribution in [0.5, 0.6) is 0 Å². The van der Waals surface area contributed by atoms with Crippen molar-refractivity contribution >= 4 is 5.78 Å². The second-order valence-corrected chi connectivity index (χ2v) is 4.56. The van der Waals surface area contributed by atoms with E-state index in [0.717, 1.165) is 18.4 Å². The molecule has 0 radical (unpaired) electrons. The predicted octanol–water partition coefficient (Wildman–Crippen LogP) is 4.24. The summed E-state index contributed by atoms with van der Waals surface area (Å²) in [6.45, 7) is 4.00. The molecule has 0 N–H and O–H groups in total. The lowest BCUT2D eigenvalue weighted by Crippen LogP contribution is -2.30. The minimum absolute atomic E-state index is 0.188. The molecule has 1 aliphatic carbocycles. The standard InChI is InChI=1S/C14H18O2.C2H6/c1-16-14(9-5-6-10-14)11-13(15)12-7-3-2-4-8-12;1-2/h2-4,7-8H,5-6,9-11H2,1H3;1-2H3. The fourth-order valence-electron chi connectivity index (χ4n) is 2.49. The van der Waals surface area contributed by atoms with E-state index in [1.54, 1.807) is 7.11 Å². The average molecular weight is 248 g/mol. The molecule has 0 heterocycles. The molecule has 1 aliphatic rings. The first-order valence-corrected chi connectivity index (χ1v) is 6.89. The van der Waals surface area contributed by atoms with E-state index < -0.39 is 0 Å². The topological polar surface area (TPSA) is 26.3 Å². The molecular weight excluding hydrogens is 224 g/mol. The number of hydrogen-bond acceptors (Lipinski definition) is 2. The largest absolute Gasteiger partial charge is 0.378 e. The smallest absolute Gasteiger partial charge is 0.165 e. The Labute approximate surface area is 110 Å². The van der Waals surface area contributed by atoms with Crippen LogP contribution in [-0.2, 0) is 4.74 Å². The molecule has 2 heteroatoms. The first kappa shape index (κ1) is 14.9. The second-order valence-electron chi connectivity index (χ2n) is 4.56. The summed E-state index contributed by atoms with van der Waals surface area (Å²) in [6.07, 6.45) is 4.91. The summed E-state index contributed by atoms with van der Waals surface area (Å²) in [7, 11) is 1.73. The SMILES string of the molecule is CC.COC1(CC(=O)c2ccccc2)CCCC1. The van der Waals surface area contributed by atoms with Gasteiger partial charge in [0.05, 0.1) is 5.60 Å². The van der Waals surface area contributed by atoms with Gasteiger partial charge in [-0.05, 0) is 12.8 Å². The van der Waals surface area contributed by atoms with Gasteiger partial charge in [0, 0.05) is 19.1 Å². The van der Waals surface area contributed by atoms with Crippen molar-refractivity contribution in [1.29, 1.82) is 0 Å². The Hall–Kier alpha value is -1.15. The molecule has 100 valence electrons. The van der Waals surface area contributed by atoms with Crippen LogP contribution < -0.4 is 0 Å². The van der Waals surface area contributed by atoms with Crippen LogP contribution in [0, 0.1) is 0 Å². The molecule has 0 bridgehead atoms. The van der Waals surface area contributed by atoms with E-state index in [1.165, 1.54) is 12.8 Å². The molecular formula is C16H24O2. The van der Waals surface area contributed by atoms with Gasteiger partial charge in [0.2, 0.25) is 0 Å². The molecule has 0 unspecified atom stereocenters. The van der Waals surface area contributed by atoms with Crippen LogP contribution in [0.15, 0.2) is 30.3 Å². The molecule has 1 fully saturated rings. The Kier molecular flexibility index (Phi) is 6.06. The summed E-state index contributed by atoms with van der Waals surface area (Å²) in [4.78, 5) is 12.1. The van der Waals surface area contributed by atoms with Gasteiger partial charge in [0.1, 0.15) is 0 Å². The third kappa shape index (κ3) is 3.67. The van der Waals surface area contributed by atoms with Crippen LogP contribution in [0.2, 0.25) is 0 Å². The third-order valence-electron chi connectivity index (χ3n) is 3.53. The van der Waals surface area contributed by atoms with E-state index in [1.807, 2.05) is 44.2 Å². The maximum atomic E-state index is 12.1. The Balaban J connectivity index is 0.000000771. The molecule has 0 aromatic heterocycles. The van der Waals surface area contributed by atoms with E-state index >= 15 is 0 Å². The van der Waals surface area contributed by atoms with Crippen molar-refractivity contribution in [3.05, 3.63) is 35.9 Å². The van der Waals surface area contributed by atoms with Gasteiger partial charge in [-0.2, -0.15) is 0 Å². The van der Waals surface area contributed by atoms with E-state index in [2.05, 4.69) is 0 Å². The number of ketones is 1. The highest BCUT2D eigenvalue weighted by Gasteiger charge is 2.35. The fraction of sp³-hybridized carbons (Fsp3) is 0.562. The van der Waals surface area contributed by atoms with Gasteiger partial charge in [-0.3, -0.25) is 4.79 Å². The summed E-state index contributed by atoms with van der Waals surface area (Å²) in [6, 6.07) is 9.49. The lowest BCUT2D eigenvalue weighted by molar-refractivity contribution is -0.00696. The van der Waals surface area contributed by atoms with Gasteiger partial charge in [0.25, 0.3) is 0 Å². The molecule has 1 aromatic rings. The molecule has 0 amide bonds. The Morgan fingerprint density at radius 3 is 2.22 bits per heavy atom. The normalized spacial score (nSPS) is 16.8. The van der Waals surface area contributed by atoms with Gasteiger partial charge in [-0.15, -0.1) is 0 Å². The predicted molar refractivity (Wildman–Crippen MR) is 74.9 cm³/mol. The number of Topliss-reactive ketones (excluding diaryl/α,β-unsaturated/α-hetero) is 1. The van der Waals surface area contributed by atoms with Crippen molar-refractivity contribution in [2.45, 2.75) is 51.6 Å². The summed E-state index contributed by atoms with van der Waals surface area (Å²) in [5.74, 6) is 0.198. The molecule has 1 saturated carbocycles. The molecule has 18 heavy (non-hydrogen) atoms. The quantitative estimate of drug-likeness (QED) is 0.745. The van der Waals surface area contributed by atoms with Crippen LogP contribution in [0.4, 0.5) is 0 Å². The lowest BCUT2D eigenvalue weighted by atomic mass is 9.92. The Morgan fingerprint density at radius 2 is 1.72 bits per heavy atom. The first-order valence-electron chi connectivity index (χ1n) is 6.89. The van der Waals surface area contributed by atoms with Crippen molar-refractivity contribution in [2.24, 2.45) is 0 Å². The van der Waals surface area contributed by atoms with Crippen LogP contribution in [0.25, 0.3) is 0 Å². The van der Waals surface area contributed by atoms with Crippen molar-refractivity contribution < 1.29 is 9.53 Å². The number of methoxy groups -OCH3 is 1. The number of benzene rings is 1. The zero-order chi connectivity index (χ0) is 13.4. The number of rotatable bonds is 4. The summed E-state index contributed by atoms with van der Waals surface area (Å²) < 4.78 is 5.57. The fourth-order valence-corrected chi connectivity index (χ4v) is 2.49. The van der Waals surface area contributed by atoms with E-state index in [0.29, 0.717) is 6.42 Å². The first-order chi connectivity index (χ1) is 8.76. The van der Waals surface area contributed by atoms with Crippen molar-refractivity contribution in [3.8, 4) is 0 Å². The Bertz CT molecular complexity index is 351. The van der Waals surface area contributed by atoms with Crippen LogP contribution >= 0.6 is 0 Å². The monoisotopic (exact) mass is 248 g/mol. The minimum atomic E-state index is -0.188. The third-order valence-corrected chi connectivity index (χ3v) is 3.53. The number of carbonyl (C=O) groups excluding carboxylic acids is 1. The highest BCUT2D eigenvalue weighted by atomic mass is 16.5. The number of carbonyl (C=O) groups is 1. The van der Waals surface area contributed by atoms with Crippen LogP contribution in [0.3, 0.4) is 0 Å². The zero-order valence-electron chi connectivity index (χ0n) is 11.7. The molecule has 0 atom stereocenters. The van der Waals surface area contributed by atoms with Gasteiger partial charge < -0.3 is 4.74 Å².